The number of nitrogens with zero attached hydrogens (tertiary/aromatic N) is 1. The molecule has 1 amide bonds. The summed E-state index contributed by atoms with van der Waals surface area (Å²) in [4.78, 5) is 17.7. The van der Waals surface area contributed by atoms with Crippen LogP contribution in [0.4, 0.5) is 0 Å². The number of ether oxygens (including phenoxy) is 2. The van der Waals surface area contributed by atoms with Gasteiger partial charge in [0, 0.05) is 6.42 Å². The molecule has 1 N–H and O–H groups in total. The Bertz CT molecular complexity index is 791. The van der Waals surface area contributed by atoms with Crippen molar-refractivity contribution in [2.75, 3.05) is 13.2 Å². The van der Waals surface area contributed by atoms with Gasteiger partial charge < -0.3 is 19.6 Å². The summed E-state index contributed by atoms with van der Waals surface area (Å²) in [6.45, 7) is 0.745. The summed E-state index contributed by atoms with van der Waals surface area (Å²) in [7, 11) is 0. The van der Waals surface area contributed by atoms with Gasteiger partial charge in [-0.1, -0.05) is 47.6 Å². The smallest absolute Gasteiger partial charge is 0.269 e. The van der Waals surface area contributed by atoms with E-state index >= 15 is 0 Å². The summed E-state index contributed by atoms with van der Waals surface area (Å²) in [5.41, 5.74) is 1.40. The number of rotatable bonds is 4. The van der Waals surface area contributed by atoms with Crippen molar-refractivity contribution in [3.05, 3.63) is 60.2 Å². The normalized spacial score (nSPS) is 21.2. The largest absolute Gasteiger partial charge is 0.486 e. The van der Waals surface area contributed by atoms with Gasteiger partial charge in [0.2, 0.25) is 0 Å². The molecule has 0 spiro atoms. The molecule has 4 rings (SSSR count). The van der Waals surface area contributed by atoms with E-state index in [1.165, 1.54) is 0 Å². The zero-order valence-corrected chi connectivity index (χ0v) is 13.6. The highest BCUT2D eigenvalue weighted by atomic mass is 16.6. The van der Waals surface area contributed by atoms with Crippen molar-refractivity contribution in [1.82, 2.24) is 5.32 Å². The van der Waals surface area contributed by atoms with Crippen LogP contribution in [0.25, 0.3) is 0 Å². The van der Waals surface area contributed by atoms with Gasteiger partial charge >= 0.3 is 0 Å². The average Bonchev–Trinajstić information content (AvgIpc) is 3.17. The zero-order valence-electron chi connectivity index (χ0n) is 13.6. The monoisotopic (exact) mass is 338 g/mol. The first kappa shape index (κ1) is 15.5. The Morgan fingerprint density at radius 3 is 2.68 bits per heavy atom. The maximum atomic E-state index is 12.3. The van der Waals surface area contributed by atoms with Gasteiger partial charge in [-0.2, -0.15) is 0 Å². The number of hydrogen-bond acceptors (Lipinski definition) is 5. The fourth-order valence-corrected chi connectivity index (χ4v) is 2.83. The Kier molecular flexibility index (Phi) is 4.24. The van der Waals surface area contributed by atoms with Gasteiger partial charge in [-0.25, -0.2) is 0 Å². The molecule has 6 nitrogen and oxygen atoms in total. The van der Waals surface area contributed by atoms with E-state index < -0.39 is 0 Å². The highest BCUT2D eigenvalue weighted by Crippen LogP contribution is 2.31. The van der Waals surface area contributed by atoms with Gasteiger partial charge in [0.05, 0.1) is 6.54 Å². The number of para-hydroxylation sites is 2. The summed E-state index contributed by atoms with van der Waals surface area (Å²) < 4.78 is 11.5. The molecular formula is C19H18N2O4. The molecule has 0 bridgehead atoms. The summed E-state index contributed by atoms with van der Waals surface area (Å²) in [6.07, 6.45) is 0.0236. The minimum Gasteiger partial charge on any atom is -0.486 e. The van der Waals surface area contributed by atoms with Crippen molar-refractivity contribution in [3.8, 4) is 11.5 Å². The quantitative estimate of drug-likeness (QED) is 0.930. The van der Waals surface area contributed by atoms with Crippen LogP contribution < -0.4 is 14.8 Å². The fourth-order valence-electron chi connectivity index (χ4n) is 2.83. The van der Waals surface area contributed by atoms with Crippen LogP contribution in [0.1, 0.15) is 18.1 Å². The van der Waals surface area contributed by atoms with Gasteiger partial charge in [-0.3, -0.25) is 4.79 Å². The number of benzene rings is 2. The third-order valence-corrected chi connectivity index (χ3v) is 4.16. The fraction of sp³-hybridized carbons (Fsp3) is 0.263. The lowest BCUT2D eigenvalue weighted by atomic mass is 10.0. The molecule has 0 fully saturated rings. The third-order valence-electron chi connectivity index (χ3n) is 4.16. The lowest BCUT2D eigenvalue weighted by Gasteiger charge is -2.26. The number of carbonyl (C=O) groups excluding carboxylic acids is 1. The van der Waals surface area contributed by atoms with Gasteiger partial charge in [0.1, 0.15) is 18.4 Å². The van der Waals surface area contributed by atoms with Crippen LogP contribution in [0.15, 0.2) is 59.8 Å². The van der Waals surface area contributed by atoms with Crippen LogP contribution in [0.5, 0.6) is 11.5 Å². The lowest BCUT2D eigenvalue weighted by Crippen LogP contribution is -2.42. The summed E-state index contributed by atoms with van der Waals surface area (Å²) >= 11 is 0. The Morgan fingerprint density at radius 1 is 1.08 bits per heavy atom. The van der Waals surface area contributed by atoms with Gasteiger partial charge in [-0.15, -0.1) is 0 Å². The van der Waals surface area contributed by atoms with Crippen LogP contribution in [-0.4, -0.2) is 30.9 Å². The molecule has 0 saturated carbocycles. The van der Waals surface area contributed by atoms with Gasteiger partial charge in [-0.05, 0) is 17.7 Å². The van der Waals surface area contributed by atoms with E-state index in [-0.39, 0.29) is 18.1 Å². The second kappa shape index (κ2) is 6.84. The molecule has 2 heterocycles. The maximum absolute atomic E-state index is 12.3. The van der Waals surface area contributed by atoms with Crippen molar-refractivity contribution in [2.24, 2.45) is 5.16 Å². The second-order valence-electron chi connectivity index (χ2n) is 5.95. The molecule has 0 aliphatic carbocycles. The molecular weight excluding hydrogens is 320 g/mol. The number of nitrogens with one attached hydrogen (secondary N) is 1. The number of hydrogen-bond donors (Lipinski definition) is 1. The minimum absolute atomic E-state index is 0.205. The summed E-state index contributed by atoms with van der Waals surface area (Å²) in [5.74, 6) is 1.18. The number of oxime groups is 1. The molecule has 6 heteroatoms. The van der Waals surface area contributed by atoms with Crippen LogP contribution in [0.3, 0.4) is 0 Å². The van der Waals surface area contributed by atoms with E-state index in [0.717, 1.165) is 11.3 Å². The van der Waals surface area contributed by atoms with Gasteiger partial charge in [0.25, 0.3) is 5.91 Å². The zero-order chi connectivity index (χ0) is 17.1. The number of amides is 1. The standard InChI is InChI=1S/C19H18N2O4/c22-19(15-10-18(25-21-15)13-6-2-1-3-7-13)20-11-14-12-23-16-8-4-5-9-17(16)24-14/h1-9,14,18H,10-12H2,(H,20,22). The van der Waals surface area contributed by atoms with E-state index in [2.05, 4.69) is 10.5 Å². The van der Waals surface area contributed by atoms with Crippen molar-refractivity contribution >= 4 is 11.6 Å². The molecule has 0 radical (unpaired) electrons. The average molecular weight is 338 g/mol. The molecule has 0 aromatic heterocycles. The summed E-state index contributed by atoms with van der Waals surface area (Å²) in [5, 5.41) is 6.77. The second-order valence-corrected chi connectivity index (χ2v) is 5.95. The molecule has 2 aliphatic heterocycles. The van der Waals surface area contributed by atoms with Crippen molar-refractivity contribution in [1.29, 1.82) is 0 Å². The van der Waals surface area contributed by atoms with Crippen LogP contribution >= 0.6 is 0 Å². The Hall–Kier alpha value is -3.02. The summed E-state index contributed by atoms with van der Waals surface area (Å²) in [6, 6.07) is 17.2. The number of fused-ring (bicyclic) bond motifs is 1. The molecule has 25 heavy (non-hydrogen) atoms. The van der Waals surface area contributed by atoms with E-state index in [1.807, 2.05) is 54.6 Å². The predicted molar refractivity (Wildman–Crippen MR) is 91.7 cm³/mol. The van der Waals surface area contributed by atoms with Crippen molar-refractivity contribution in [3.63, 3.8) is 0 Å². The lowest BCUT2D eigenvalue weighted by molar-refractivity contribution is -0.115. The molecule has 2 aromatic rings. The molecule has 0 saturated heterocycles. The molecule has 2 unspecified atom stereocenters. The molecule has 2 aliphatic rings. The van der Waals surface area contributed by atoms with Gasteiger partial charge in [0.15, 0.2) is 17.6 Å². The Balaban J connectivity index is 1.29. The molecule has 128 valence electrons. The van der Waals surface area contributed by atoms with E-state index in [9.17, 15) is 4.79 Å². The predicted octanol–water partition coefficient (Wildman–Crippen LogP) is 2.46. The first-order valence-electron chi connectivity index (χ1n) is 8.24. The van der Waals surface area contributed by atoms with E-state index in [0.29, 0.717) is 31.0 Å². The third kappa shape index (κ3) is 3.42. The minimum atomic E-state index is -0.235. The van der Waals surface area contributed by atoms with Crippen molar-refractivity contribution < 1.29 is 19.1 Å². The maximum Gasteiger partial charge on any atom is 0.269 e. The topological polar surface area (TPSA) is 69.2 Å². The van der Waals surface area contributed by atoms with E-state index in [4.69, 9.17) is 14.3 Å². The highest BCUT2D eigenvalue weighted by molar-refractivity contribution is 6.39. The molecule has 2 aromatic carbocycles. The number of carbonyl (C=O) groups is 1. The van der Waals surface area contributed by atoms with Crippen LogP contribution in [-0.2, 0) is 9.63 Å². The van der Waals surface area contributed by atoms with Crippen LogP contribution in [0, 0.1) is 0 Å². The SMILES string of the molecule is O=C(NCC1COc2ccccc2O1)C1=NOC(c2ccccc2)C1. The first-order chi connectivity index (χ1) is 12.3. The highest BCUT2D eigenvalue weighted by Gasteiger charge is 2.28. The van der Waals surface area contributed by atoms with E-state index in [1.54, 1.807) is 0 Å². The Morgan fingerprint density at radius 2 is 1.84 bits per heavy atom. The molecule has 2 atom stereocenters. The van der Waals surface area contributed by atoms with Crippen molar-refractivity contribution in [2.45, 2.75) is 18.6 Å². The van der Waals surface area contributed by atoms with Crippen LogP contribution in [0.2, 0.25) is 0 Å². The first-order valence-corrected chi connectivity index (χ1v) is 8.24. The Labute approximate surface area is 145 Å².